The van der Waals surface area contributed by atoms with Gasteiger partial charge in [-0.3, -0.25) is 4.79 Å². The molecule has 3 rings (SSSR count). The number of benzene rings is 2. The Balaban J connectivity index is 1.66. The zero-order valence-electron chi connectivity index (χ0n) is 13.7. The summed E-state index contributed by atoms with van der Waals surface area (Å²) >= 11 is 5.78. The highest BCUT2D eigenvalue weighted by molar-refractivity contribution is 6.30. The van der Waals surface area contributed by atoms with Crippen LogP contribution in [0.4, 0.5) is 18.9 Å². The van der Waals surface area contributed by atoms with Crippen LogP contribution < -0.4 is 10.1 Å². The number of hydrogen-bond acceptors (Lipinski definition) is 3. The van der Waals surface area contributed by atoms with Crippen molar-refractivity contribution in [2.24, 2.45) is 0 Å². The number of rotatable bonds is 5. The number of nitrogens with one attached hydrogen (secondary N) is 1. The van der Waals surface area contributed by atoms with Crippen molar-refractivity contribution < 1.29 is 22.7 Å². The molecule has 1 amide bonds. The van der Waals surface area contributed by atoms with Crippen molar-refractivity contribution in [3.8, 4) is 5.75 Å². The van der Waals surface area contributed by atoms with Gasteiger partial charge in [-0.05, 0) is 42.5 Å². The Bertz CT molecular complexity index is 940. The van der Waals surface area contributed by atoms with Crippen LogP contribution in [0.2, 0.25) is 5.02 Å². The number of alkyl halides is 3. The van der Waals surface area contributed by atoms with Crippen molar-refractivity contribution >= 4 is 23.2 Å². The Labute approximate surface area is 157 Å². The summed E-state index contributed by atoms with van der Waals surface area (Å²) in [7, 11) is 0. The van der Waals surface area contributed by atoms with E-state index in [2.05, 4.69) is 10.4 Å². The standard InChI is InChI=1S/C18H13ClF3N3O2/c19-12-5-7-13(8-6-12)27-11-25-10-9-16(24-25)17(26)23-15-4-2-1-3-14(15)18(20,21)22/h1-10H,11H2,(H,23,26). The SMILES string of the molecule is O=C(Nc1ccccc1C(F)(F)F)c1ccn(COc2ccc(Cl)cc2)n1. The summed E-state index contributed by atoms with van der Waals surface area (Å²) in [5.74, 6) is -0.197. The molecule has 140 valence electrons. The lowest BCUT2D eigenvalue weighted by atomic mass is 10.1. The Morgan fingerprint density at radius 2 is 1.81 bits per heavy atom. The molecule has 0 aliphatic rings. The van der Waals surface area contributed by atoms with Crippen LogP contribution in [0.25, 0.3) is 0 Å². The summed E-state index contributed by atoms with van der Waals surface area (Å²) in [5.41, 5.74) is -1.29. The summed E-state index contributed by atoms with van der Waals surface area (Å²) in [5, 5.41) is 6.81. The van der Waals surface area contributed by atoms with Crippen molar-refractivity contribution in [3.63, 3.8) is 0 Å². The van der Waals surface area contributed by atoms with Crippen LogP contribution in [0, 0.1) is 0 Å². The van der Waals surface area contributed by atoms with E-state index >= 15 is 0 Å². The summed E-state index contributed by atoms with van der Waals surface area (Å²) in [6, 6.07) is 12.8. The van der Waals surface area contributed by atoms with E-state index in [0.717, 1.165) is 6.07 Å². The van der Waals surface area contributed by atoms with E-state index in [9.17, 15) is 18.0 Å². The van der Waals surface area contributed by atoms with Gasteiger partial charge < -0.3 is 10.1 Å². The van der Waals surface area contributed by atoms with Gasteiger partial charge in [0.05, 0.1) is 11.3 Å². The molecule has 0 spiro atoms. The average Bonchev–Trinajstić information content (AvgIpc) is 3.10. The number of para-hydroxylation sites is 1. The van der Waals surface area contributed by atoms with Crippen molar-refractivity contribution in [1.29, 1.82) is 0 Å². The van der Waals surface area contributed by atoms with Crippen LogP contribution in [-0.4, -0.2) is 15.7 Å². The molecule has 2 aromatic carbocycles. The first-order valence-corrected chi connectivity index (χ1v) is 8.10. The van der Waals surface area contributed by atoms with Gasteiger partial charge in [0.25, 0.3) is 5.91 Å². The average molecular weight is 396 g/mol. The predicted molar refractivity (Wildman–Crippen MR) is 93.7 cm³/mol. The normalized spacial score (nSPS) is 11.3. The smallest absolute Gasteiger partial charge is 0.418 e. The molecule has 0 atom stereocenters. The van der Waals surface area contributed by atoms with Crippen molar-refractivity contribution in [3.05, 3.63) is 77.1 Å². The quantitative estimate of drug-likeness (QED) is 0.672. The maximum absolute atomic E-state index is 13.0. The van der Waals surface area contributed by atoms with Crippen molar-refractivity contribution in [1.82, 2.24) is 9.78 Å². The largest absolute Gasteiger partial charge is 0.471 e. The number of amides is 1. The molecule has 0 saturated heterocycles. The third-order valence-electron chi connectivity index (χ3n) is 3.53. The molecule has 0 unspecified atom stereocenters. The Kier molecular flexibility index (Phi) is 5.36. The number of aromatic nitrogens is 2. The topological polar surface area (TPSA) is 56.2 Å². The highest BCUT2D eigenvalue weighted by atomic mass is 35.5. The molecule has 1 N–H and O–H groups in total. The molecular formula is C18H13ClF3N3O2. The highest BCUT2D eigenvalue weighted by Crippen LogP contribution is 2.34. The zero-order chi connectivity index (χ0) is 19.4. The van der Waals surface area contributed by atoms with E-state index in [1.807, 2.05) is 0 Å². The van der Waals surface area contributed by atoms with E-state index in [1.165, 1.54) is 35.1 Å². The monoisotopic (exact) mass is 395 g/mol. The molecule has 0 bridgehead atoms. The lowest BCUT2D eigenvalue weighted by molar-refractivity contribution is -0.136. The molecule has 0 fully saturated rings. The number of carbonyl (C=O) groups excluding carboxylic acids is 1. The van der Waals surface area contributed by atoms with E-state index in [4.69, 9.17) is 16.3 Å². The van der Waals surface area contributed by atoms with E-state index in [1.54, 1.807) is 24.3 Å². The fourth-order valence-corrected chi connectivity index (χ4v) is 2.38. The van der Waals surface area contributed by atoms with Gasteiger partial charge in [0.2, 0.25) is 0 Å². The van der Waals surface area contributed by atoms with E-state index in [0.29, 0.717) is 10.8 Å². The lowest BCUT2D eigenvalue weighted by Crippen LogP contribution is -2.17. The first-order valence-electron chi connectivity index (χ1n) is 7.72. The number of anilines is 1. The van der Waals surface area contributed by atoms with Gasteiger partial charge in [-0.25, -0.2) is 4.68 Å². The minimum atomic E-state index is -4.57. The van der Waals surface area contributed by atoms with Crippen LogP contribution in [-0.2, 0) is 12.9 Å². The third kappa shape index (κ3) is 4.79. The molecule has 9 heteroatoms. The van der Waals surface area contributed by atoms with Gasteiger partial charge in [0, 0.05) is 11.2 Å². The summed E-state index contributed by atoms with van der Waals surface area (Å²) in [6.45, 7) is 0.0219. The van der Waals surface area contributed by atoms with Crippen molar-refractivity contribution in [2.45, 2.75) is 12.9 Å². The first kappa shape index (κ1) is 18.8. The number of nitrogens with zero attached hydrogens (tertiary/aromatic N) is 2. The second-order valence-electron chi connectivity index (χ2n) is 5.47. The van der Waals surface area contributed by atoms with E-state index < -0.39 is 17.6 Å². The Morgan fingerprint density at radius 1 is 1.11 bits per heavy atom. The Hall–Kier alpha value is -3.00. The van der Waals surface area contributed by atoms with Crippen LogP contribution in [0.5, 0.6) is 5.75 Å². The third-order valence-corrected chi connectivity index (χ3v) is 3.78. The van der Waals surface area contributed by atoms with Gasteiger partial charge in [-0.2, -0.15) is 18.3 Å². The second-order valence-corrected chi connectivity index (χ2v) is 5.90. The molecule has 1 heterocycles. The van der Waals surface area contributed by atoms with Crippen LogP contribution in [0.3, 0.4) is 0 Å². The fourth-order valence-electron chi connectivity index (χ4n) is 2.25. The zero-order valence-corrected chi connectivity index (χ0v) is 14.5. The lowest BCUT2D eigenvalue weighted by Gasteiger charge is -2.12. The van der Waals surface area contributed by atoms with Gasteiger partial charge in [0.1, 0.15) is 5.75 Å². The number of halogens is 4. The minimum Gasteiger partial charge on any atom is -0.471 e. The van der Waals surface area contributed by atoms with Gasteiger partial charge in [-0.15, -0.1) is 0 Å². The number of ether oxygens (including phenoxy) is 1. The van der Waals surface area contributed by atoms with Crippen LogP contribution in [0.1, 0.15) is 16.1 Å². The molecule has 0 aliphatic carbocycles. The molecule has 1 aromatic heterocycles. The predicted octanol–water partition coefficient (Wildman–Crippen LogP) is 4.84. The maximum Gasteiger partial charge on any atom is 0.418 e. The summed E-state index contributed by atoms with van der Waals surface area (Å²) < 4.78 is 45.8. The minimum absolute atomic E-state index is 0.0219. The summed E-state index contributed by atoms with van der Waals surface area (Å²) in [6.07, 6.45) is -3.09. The maximum atomic E-state index is 13.0. The number of carbonyl (C=O) groups is 1. The first-order chi connectivity index (χ1) is 12.8. The molecule has 0 saturated carbocycles. The molecular weight excluding hydrogens is 383 g/mol. The van der Waals surface area contributed by atoms with Crippen LogP contribution in [0.15, 0.2) is 60.8 Å². The van der Waals surface area contributed by atoms with E-state index in [-0.39, 0.29) is 18.1 Å². The molecule has 3 aromatic rings. The molecule has 5 nitrogen and oxygen atoms in total. The van der Waals surface area contributed by atoms with Crippen LogP contribution >= 0.6 is 11.6 Å². The molecule has 27 heavy (non-hydrogen) atoms. The van der Waals surface area contributed by atoms with Crippen molar-refractivity contribution in [2.75, 3.05) is 5.32 Å². The highest BCUT2D eigenvalue weighted by Gasteiger charge is 2.33. The second kappa shape index (κ2) is 7.71. The van der Waals surface area contributed by atoms with Gasteiger partial charge in [-0.1, -0.05) is 23.7 Å². The molecule has 0 radical (unpaired) electrons. The Morgan fingerprint density at radius 3 is 2.52 bits per heavy atom. The van der Waals surface area contributed by atoms with Gasteiger partial charge >= 0.3 is 6.18 Å². The number of hydrogen-bond donors (Lipinski definition) is 1. The van der Waals surface area contributed by atoms with Gasteiger partial charge in [0.15, 0.2) is 12.4 Å². The fraction of sp³-hybridized carbons (Fsp3) is 0.111. The summed E-state index contributed by atoms with van der Waals surface area (Å²) in [4.78, 5) is 12.2. The molecule has 0 aliphatic heterocycles.